The Morgan fingerprint density at radius 2 is 1.94 bits per heavy atom. The van der Waals surface area contributed by atoms with Gasteiger partial charge in [-0.25, -0.2) is 0 Å². The van der Waals surface area contributed by atoms with Crippen molar-refractivity contribution >= 4 is 0 Å². The van der Waals surface area contributed by atoms with Crippen molar-refractivity contribution in [3.05, 3.63) is 0 Å². The third-order valence-electron chi connectivity index (χ3n) is 4.39. The lowest BCUT2D eigenvalue weighted by Crippen LogP contribution is -2.50. The predicted octanol–water partition coefficient (Wildman–Crippen LogP) is 3.66. The average molecular weight is 254 g/mol. The first kappa shape index (κ1) is 16.0. The molecule has 0 saturated carbocycles. The highest BCUT2D eigenvalue weighted by atomic mass is 15.2. The van der Waals surface area contributed by atoms with E-state index in [0.29, 0.717) is 0 Å². The Morgan fingerprint density at radius 3 is 2.50 bits per heavy atom. The summed E-state index contributed by atoms with van der Waals surface area (Å²) in [4.78, 5) is 2.73. The van der Waals surface area contributed by atoms with E-state index in [1.807, 2.05) is 0 Å². The Balaban J connectivity index is 2.29. The van der Waals surface area contributed by atoms with E-state index < -0.39 is 0 Å². The molecule has 0 bridgehead atoms. The van der Waals surface area contributed by atoms with E-state index in [2.05, 4.69) is 44.8 Å². The van der Waals surface area contributed by atoms with Crippen molar-refractivity contribution < 1.29 is 0 Å². The van der Waals surface area contributed by atoms with Crippen molar-refractivity contribution in [2.45, 2.75) is 84.8 Å². The summed E-state index contributed by atoms with van der Waals surface area (Å²) in [5.74, 6) is 0.856. The van der Waals surface area contributed by atoms with Crippen LogP contribution in [-0.2, 0) is 0 Å². The Labute approximate surface area is 115 Å². The minimum atomic E-state index is 0.747. The molecule has 0 aromatic carbocycles. The number of rotatable bonds is 7. The van der Waals surface area contributed by atoms with E-state index in [0.717, 1.165) is 30.6 Å². The molecule has 18 heavy (non-hydrogen) atoms. The quantitative estimate of drug-likeness (QED) is 0.746. The molecule has 2 heteroatoms. The smallest absolute Gasteiger partial charge is 0.00939 e. The maximum Gasteiger partial charge on any atom is 0.00939 e. The summed E-state index contributed by atoms with van der Waals surface area (Å²) in [6.45, 7) is 14.1. The molecule has 0 aliphatic carbocycles. The first-order chi connectivity index (χ1) is 8.54. The number of hydrogen-bond donors (Lipinski definition) is 1. The van der Waals surface area contributed by atoms with Crippen LogP contribution in [0.2, 0.25) is 0 Å². The molecule has 108 valence electrons. The first-order valence-corrected chi connectivity index (χ1v) is 8.03. The van der Waals surface area contributed by atoms with E-state index >= 15 is 0 Å². The van der Waals surface area contributed by atoms with Crippen LogP contribution in [0.1, 0.15) is 66.7 Å². The average Bonchev–Trinajstić information content (AvgIpc) is 2.28. The van der Waals surface area contributed by atoms with E-state index in [9.17, 15) is 0 Å². The third kappa shape index (κ3) is 5.27. The number of nitrogens with one attached hydrogen (secondary N) is 1. The summed E-state index contributed by atoms with van der Waals surface area (Å²) < 4.78 is 0. The number of likely N-dealkylation sites (tertiary alicyclic amines) is 1. The molecule has 0 spiro atoms. The zero-order chi connectivity index (χ0) is 13.5. The third-order valence-corrected chi connectivity index (χ3v) is 4.39. The van der Waals surface area contributed by atoms with Crippen molar-refractivity contribution in [3.63, 3.8) is 0 Å². The predicted molar refractivity (Wildman–Crippen MR) is 81.0 cm³/mol. The molecule has 0 aromatic heterocycles. The van der Waals surface area contributed by atoms with Gasteiger partial charge in [0.2, 0.25) is 0 Å². The van der Waals surface area contributed by atoms with Crippen LogP contribution < -0.4 is 5.32 Å². The molecule has 1 aliphatic heterocycles. The fraction of sp³-hybridized carbons (Fsp3) is 1.00. The molecule has 1 aliphatic rings. The van der Waals surface area contributed by atoms with Gasteiger partial charge in [-0.1, -0.05) is 33.6 Å². The van der Waals surface area contributed by atoms with Crippen LogP contribution >= 0.6 is 0 Å². The molecule has 1 rings (SSSR count). The lowest BCUT2D eigenvalue weighted by Gasteiger charge is -2.41. The van der Waals surface area contributed by atoms with Crippen molar-refractivity contribution in [1.29, 1.82) is 0 Å². The molecular formula is C16H34N2. The van der Waals surface area contributed by atoms with E-state index in [1.54, 1.807) is 0 Å². The van der Waals surface area contributed by atoms with E-state index in [1.165, 1.54) is 38.6 Å². The molecule has 0 aromatic rings. The Bertz CT molecular complexity index is 215. The van der Waals surface area contributed by atoms with Gasteiger partial charge in [-0.2, -0.15) is 0 Å². The minimum Gasteiger partial charge on any atom is -0.314 e. The van der Waals surface area contributed by atoms with Gasteiger partial charge in [0.25, 0.3) is 0 Å². The summed E-state index contributed by atoms with van der Waals surface area (Å²) in [6.07, 6.45) is 6.79. The zero-order valence-corrected chi connectivity index (χ0v) is 13.2. The van der Waals surface area contributed by atoms with Crippen LogP contribution in [0.15, 0.2) is 0 Å². The standard InChI is InChI=1S/C16H34N2/c1-6-17-16-10-11-18(15(5)12-16)14(4)9-7-8-13(2)3/h13-17H,6-12H2,1-5H3. The molecule has 0 radical (unpaired) electrons. The second-order valence-corrected chi connectivity index (χ2v) is 6.54. The molecule has 2 nitrogen and oxygen atoms in total. The van der Waals surface area contributed by atoms with Gasteiger partial charge in [0.05, 0.1) is 0 Å². The first-order valence-electron chi connectivity index (χ1n) is 8.03. The molecular weight excluding hydrogens is 220 g/mol. The van der Waals surface area contributed by atoms with Crippen LogP contribution in [0.4, 0.5) is 0 Å². The van der Waals surface area contributed by atoms with Crippen molar-refractivity contribution in [1.82, 2.24) is 10.2 Å². The fourth-order valence-corrected chi connectivity index (χ4v) is 3.31. The van der Waals surface area contributed by atoms with Gasteiger partial charge in [-0.05, 0) is 45.6 Å². The van der Waals surface area contributed by atoms with Gasteiger partial charge in [0.1, 0.15) is 0 Å². The monoisotopic (exact) mass is 254 g/mol. The highest BCUT2D eigenvalue weighted by molar-refractivity contribution is 4.85. The minimum absolute atomic E-state index is 0.747. The summed E-state index contributed by atoms with van der Waals surface area (Å²) >= 11 is 0. The molecule has 1 saturated heterocycles. The lowest BCUT2D eigenvalue weighted by molar-refractivity contribution is 0.0900. The van der Waals surface area contributed by atoms with E-state index in [4.69, 9.17) is 0 Å². The van der Waals surface area contributed by atoms with Crippen molar-refractivity contribution in [2.75, 3.05) is 13.1 Å². The summed E-state index contributed by atoms with van der Waals surface area (Å²) in [6, 6.07) is 2.27. The second-order valence-electron chi connectivity index (χ2n) is 6.54. The van der Waals surface area contributed by atoms with Gasteiger partial charge in [-0.3, -0.25) is 4.90 Å². The topological polar surface area (TPSA) is 15.3 Å². The van der Waals surface area contributed by atoms with Gasteiger partial charge in [0.15, 0.2) is 0 Å². The SMILES string of the molecule is CCNC1CCN(C(C)CCCC(C)C)C(C)C1. The van der Waals surface area contributed by atoms with Gasteiger partial charge in [-0.15, -0.1) is 0 Å². The summed E-state index contributed by atoms with van der Waals surface area (Å²) in [7, 11) is 0. The van der Waals surface area contributed by atoms with Gasteiger partial charge in [0, 0.05) is 24.7 Å². The maximum atomic E-state index is 3.61. The van der Waals surface area contributed by atoms with Crippen molar-refractivity contribution in [3.8, 4) is 0 Å². The number of piperidine rings is 1. The summed E-state index contributed by atoms with van der Waals surface area (Å²) in [5.41, 5.74) is 0. The Kier molecular flexibility index (Phi) is 7.25. The molecule has 1 fully saturated rings. The van der Waals surface area contributed by atoms with Crippen LogP contribution in [0.25, 0.3) is 0 Å². The van der Waals surface area contributed by atoms with Crippen LogP contribution in [0.3, 0.4) is 0 Å². The Morgan fingerprint density at radius 1 is 1.22 bits per heavy atom. The number of nitrogens with zero attached hydrogens (tertiary/aromatic N) is 1. The van der Waals surface area contributed by atoms with E-state index in [-0.39, 0.29) is 0 Å². The number of hydrogen-bond acceptors (Lipinski definition) is 2. The molecule has 1 N–H and O–H groups in total. The largest absolute Gasteiger partial charge is 0.314 e. The zero-order valence-electron chi connectivity index (χ0n) is 13.2. The molecule has 3 unspecified atom stereocenters. The van der Waals surface area contributed by atoms with Crippen molar-refractivity contribution in [2.24, 2.45) is 5.92 Å². The second kappa shape index (κ2) is 8.16. The Hall–Kier alpha value is -0.0800. The molecule has 3 atom stereocenters. The highest BCUT2D eigenvalue weighted by Gasteiger charge is 2.27. The maximum absolute atomic E-state index is 3.61. The fourth-order valence-electron chi connectivity index (χ4n) is 3.31. The van der Waals surface area contributed by atoms with Gasteiger partial charge >= 0.3 is 0 Å². The normalized spacial score (nSPS) is 27.7. The lowest BCUT2D eigenvalue weighted by atomic mass is 9.94. The molecule has 1 heterocycles. The molecule has 0 amide bonds. The van der Waals surface area contributed by atoms with Crippen LogP contribution in [0, 0.1) is 5.92 Å². The highest BCUT2D eigenvalue weighted by Crippen LogP contribution is 2.22. The van der Waals surface area contributed by atoms with Crippen LogP contribution in [-0.4, -0.2) is 36.1 Å². The van der Waals surface area contributed by atoms with Gasteiger partial charge < -0.3 is 5.32 Å². The van der Waals surface area contributed by atoms with Crippen LogP contribution in [0.5, 0.6) is 0 Å². The summed E-state index contributed by atoms with van der Waals surface area (Å²) in [5, 5.41) is 3.61.